The monoisotopic (exact) mass is 288 g/mol. The second kappa shape index (κ2) is 5.68. The molecule has 0 spiro atoms. The van der Waals surface area contributed by atoms with Crippen LogP contribution in [0.4, 0.5) is 0 Å². The van der Waals surface area contributed by atoms with Crippen LogP contribution in [0.15, 0.2) is 0 Å². The zero-order valence-electron chi connectivity index (χ0n) is 11.5. The van der Waals surface area contributed by atoms with Gasteiger partial charge in [0.2, 0.25) is 0 Å². The molecule has 3 rings (SSSR count). The molecule has 0 aromatic carbocycles. The average molecular weight is 288 g/mol. The van der Waals surface area contributed by atoms with Gasteiger partial charge in [0.15, 0.2) is 9.84 Å². The minimum atomic E-state index is -2.87. The summed E-state index contributed by atoms with van der Waals surface area (Å²) in [6.45, 7) is 5.38. The van der Waals surface area contributed by atoms with E-state index in [-0.39, 0.29) is 12.1 Å². The van der Waals surface area contributed by atoms with E-state index in [0.29, 0.717) is 11.5 Å². The third kappa shape index (κ3) is 3.12. The van der Waals surface area contributed by atoms with Gasteiger partial charge in [-0.2, -0.15) is 0 Å². The van der Waals surface area contributed by atoms with E-state index in [2.05, 4.69) is 9.80 Å². The van der Waals surface area contributed by atoms with Crippen LogP contribution in [0.3, 0.4) is 0 Å². The van der Waals surface area contributed by atoms with Crippen LogP contribution in [0.2, 0.25) is 0 Å². The fraction of sp³-hybridized carbons (Fsp3) is 1.00. The van der Waals surface area contributed by atoms with Crippen LogP contribution in [0.25, 0.3) is 0 Å². The van der Waals surface area contributed by atoms with E-state index >= 15 is 0 Å². The zero-order valence-corrected chi connectivity index (χ0v) is 12.3. The van der Waals surface area contributed by atoms with Crippen LogP contribution in [0.1, 0.15) is 19.3 Å². The molecule has 0 bridgehead atoms. The number of hydrogen-bond acceptors (Lipinski definition) is 5. The van der Waals surface area contributed by atoms with Crippen molar-refractivity contribution in [2.45, 2.75) is 31.3 Å². The highest BCUT2D eigenvalue weighted by Gasteiger charge is 2.44. The molecule has 0 amide bonds. The number of nitrogens with zero attached hydrogens (tertiary/aromatic N) is 2. The number of sulfone groups is 1. The number of rotatable bonds is 2. The van der Waals surface area contributed by atoms with Gasteiger partial charge in [-0.1, -0.05) is 6.42 Å². The van der Waals surface area contributed by atoms with Crippen molar-refractivity contribution in [2.75, 3.05) is 50.9 Å². The summed E-state index contributed by atoms with van der Waals surface area (Å²) in [6.07, 6.45) is 3.72. The molecule has 0 unspecified atom stereocenters. The quantitative estimate of drug-likeness (QED) is 0.714. The number of piperidine rings is 1. The minimum absolute atomic E-state index is 0.187. The van der Waals surface area contributed by atoms with E-state index in [1.807, 2.05) is 0 Å². The Kier molecular flexibility index (Phi) is 4.12. The largest absolute Gasteiger partial charge is 0.379 e. The first-order valence-corrected chi connectivity index (χ1v) is 9.24. The van der Waals surface area contributed by atoms with Gasteiger partial charge in [0.1, 0.15) is 0 Å². The molecule has 3 saturated heterocycles. The van der Waals surface area contributed by atoms with Crippen LogP contribution >= 0.6 is 0 Å². The van der Waals surface area contributed by atoms with E-state index in [9.17, 15) is 8.42 Å². The summed E-state index contributed by atoms with van der Waals surface area (Å²) in [4.78, 5) is 4.77. The van der Waals surface area contributed by atoms with Crippen molar-refractivity contribution in [3.63, 3.8) is 0 Å². The first-order chi connectivity index (χ1) is 9.16. The molecule has 0 aliphatic carbocycles. The molecule has 3 fully saturated rings. The lowest BCUT2D eigenvalue weighted by atomic mass is 10.0. The molecule has 19 heavy (non-hydrogen) atoms. The maximum atomic E-state index is 12.1. The van der Waals surface area contributed by atoms with Crippen LogP contribution in [-0.2, 0) is 14.6 Å². The Balaban J connectivity index is 1.74. The molecule has 0 radical (unpaired) electrons. The van der Waals surface area contributed by atoms with E-state index in [0.717, 1.165) is 39.4 Å². The number of ether oxygens (including phenoxy) is 1. The number of morpholine rings is 1. The highest BCUT2D eigenvalue weighted by Crippen LogP contribution is 2.26. The van der Waals surface area contributed by atoms with Crippen LogP contribution in [0, 0.1) is 0 Å². The summed E-state index contributed by atoms with van der Waals surface area (Å²) in [5.41, 5.74) is 0. The fourth-order valence-corrected chi connectivity index (χ4v) is 5.71. The Morgan fingerprint density at radius 1 is 0.789 bits per heavy atom. The predicted molar refractivity (Wildman–Crippen MR) is 74.0 cm³/mol. The lowest BCUT2D eigenvalue weighted by molar-refractivity contribution is 0.000663. The van der Waals surface area contributed by atoms with Crippen LogP contribution in [-0.4, -0.2) is 81.2 Å². The van der Waals surface area contributed by atoms with Gasteiger partial charge in [-0.25, -0.2) is 8.42 Å². The lowest BCUT2D eigenvalue weighted by Gasteiger charge is -2.40. The molecule has 3 heterocycles. The molecular formula is C13H24N2O3S. The van der Waals surface area contributed by atoms with Gasteiger partial charge in [-0.15, -0.1) is 0 Å². The molecule has 3 aliphatic rings. The van der Waals surface area contributed by atoms with Crippen molar-refractivity contribution < 1.29 is 13.2 Å². The number of hydrogen-bond donors (Lipinski definition) is 0. The van der Waals surface area contributed by atoms with Gasteiger partial charge in [-0.3, -0.25) is 9.80 Å². The molecule has 110 valence electrons. The average Bonchev–Trinajstić information content (AvgIpc) is 2.77. The van der Waals surface area contributed by atoms with E-state index in [4.69, 9.17) is 4.74 Å². The van der Waals surface area contributed by atoms with Gasteiger partial charge < -0.3 is 4.74 Å². The molecule has 5 nitrogen and oxygen atoms in total. The van der Waals surface area contributed by atoms with E-state index < -0.39 is 9.84 Å². The highest BCUT2D eigenvalue weighted by molar-refractivity contribution is 7.91. The van der Waals surface area contributed by atoms with E-state index in [1.165, 1.54) is 19.3 Å². The second-order valence-corrected chi connectivity index (χ2v) is 8.11. The summed E-state index contributed by atoms with van der Waals surface area (Å²) in [5, 5.41) is 0. The Labute approximate surface area is 115 Å². The molecule has 2 atom stereocenters. The molecule has 0 aromatic heterocycles. The molecule has 3 aliphatic heterocycles. The summed E-state index contributed by atoms with van der Waals surface area (Å²) < 4.78 is 29.5. The summed E-state index contributed by atoms with van der Waals surface area (Å²) in [7, 11) is -2.87. The Hall–Kier alpha value is -0.170. The van der Waals surface area contributed by atoms with Gasteiger partial charge in [0.25, 0.3) is 0 Å². The van der Waals surface area contributed by atoms with Gasteiger partial charge in [0, 0.05) is 25.2 Å². The van der Waals surface area contributed by atoms with Crippen molar-refractivity contribution in [1.29, 1.82) is 0 Å². The minimum Gasteiger partial charge on any atom is -0.379 e. The maximum absolute atomic E-state index is 12.1. The van der Waals surface area contributed by atoms with Crippen molar-refractivity contribution >= 4 is 9.84 Å². The summed E-state index contributed by atoms with van der Waals surface area (Å²) >= 11 is 0. The number of likely N-dealkylation sites (tertiary alicyclic amines) is 1. The van der Waals surface area contributed by atoms with Crippen molar-refractivity contribution in [1.82, 2.24) is 9.80 Å². The van der Waals surface area contributed by atoms with Crippen LogP contribution in [0.5, 0.6) is 0 Å². The Bertz CT molecular complexity index is 368. The highest BCUT2D eigenvalue weighted by atomic mass is 32.2. The third-order valence-electron chi connectivity index (χ3n) is 4.67. The standard InChI is InChI=1S/C13H24N2O3S/c16-19(17)10-12(14-4-2-1-3-5-14)13(11-19)15-6-8-18-9-7-15/h12-13H,1-11H2/t12-,13+/m1/s1. The summed E-state index contributed by atoms with van der Waals surface area (Å²) in [5.74, 6) is 0.698. The SMILES string of the molecule is O=S1(=O)C[C@@H](N2CCCCC2)[C@@H](N2CCOCC2)C1. The molecular weight excluding hydrogens is 264 g/mol. The Morgan fingerprint density at radius 3 is 1.89 bits per heavy atom. The first-order valence-electron chi connectivity index (χ1n) is 7.42. The van der Waals surface area contributed by atoms with Crippen molar-refractivity contribution in [2.24, 2.45) is 0 Å². The predicted octanol–water partition coefficient (Wildman–Crippen LogP) is -0.0299. The normalized spacial score (nSPS) is 37.5. The smallest absolute Gasteiger partial charge is 0.153 e. The molecule has 6 heteroatoms. The van der Waals surface area contributed by atoms with Crippen LogP contribution < -0.4 is 0 Å². The molecule has 0 N–H and O–H groups in total. The third-order valence-corrected chi connectivity index (χ3v) is 6.37. The van der Waals surface area contributed by atoms with Gasteiger partial charge >= 0.3 is 0 Å². The first kappa shape index (κ1) is 13.8. The summed E-state index contributed by atoms with van der Waals surface area (Å²) in [6, 6.07) is 0.399. The topological polar surface area (TPSA) is 49.9 Å². The van der Waals surface area contributed by atoms with Gasteiger partial charge in [0.05, 0.1) is 24.7 Å². The second-order valence-electron chi connectivity index (χ2n) is 5.96. The van der Waals surface area contributed by atoms with Gasteiger partial charge in [-0.05, 0) is 25.9 Å². The molecule has 0 aromatic rings. The maximum Gasteiger partial charge on any atom is 0.153 e. The Morgan fingerprint density at radius 2 is 1.32 bits per heavy atom. The van der Waals surface area contributed by atoms with Crippen molar-refractivity contribution in [3.8, 4) is 0 Å². The van der Waals surface area contributed by atoms with E-state index in [1.54, 1.807) is 0 Å². The lowest BCUT2D eigenvalue weighted by Crippen LogP contribution is -2.55. The zero-order chi connectivity index (χ0) is 13.3. The van der Waals surface area contributed by atoms with Crippen molar-refractivity contribution in [3.05, 3.63) is 0 Å². The molecule has 0 saturated carbocycles. The fourth-order valence-electron chi connectivity index (χ4n) is 3.67.